The number of anilines is 1. The Morgan fingerprint density at radius 1 is 1.45 bits per heavy atom. The first-order chi connectivity index (χ1) is 14.8. The van der Waals surface area contributed by atoms with E-state index in [1.807, 2.05) is 0 Å². The minimum Gasteiger partial charge on any atom is -0.466 e. The standard InChI is InChI=1S/C21H24BrClN2O5S/c1-3-30-20(29)14-15-19(28)25(10(2)9-26)17(21(15)8-11(22)16(14)31-21)18(27)24-13-7-5-4-6-12(13)23/h4-7,10-11,14-17,26H,3,8-9H2,1-2H3,(H,24,27)/t10-,11?,14+,15+,16+,17?,21?/m1/s1. The number of carbonyl (C=O) groups is 3. The Kier molecular flexibility index (Phi) is 6.33. The summed E-state index contributed by atoms with van der Waals surface area (Å²) in [7, 11) is 0. The molecule has 0 saturated carbocycles. The van der Waals surface area contributed by atoms with Crippen LogP contribution in [0.15, 0.2) is 24.3 Å². The van der Waals surface area contributed by atoms with Crippen molar-refractivity contribution in [3.8, 4) is 0 Å². The number of hydrogen-bond acceptors (Lipinski definition) is 6. The number of hydrogen-bond donors (Lipinski definition) is 2. The third-order valence-corrected chi connectivity index (χ3v) is 9.95. The molecule has 3 aliphatic rings. The van der Waals surface area contributed by atoms with Gasteiger partial charge in [0.15, 0.2) is 0 Å². The smallest absolute Gasteiger partial charge is 0.310 e. The Hall–Kier alpha value is -1.29. The first kappa shape index (κ1) is 22.9. The summed E-state index contributed by atoms with van der Waals surface area (Å²) in [6.45, 7) is 3.37. The molecule has 3 fully saturated rings. The van der Waals surface area contributed by atoms with Crippen molar-refractivity contribution in [2.45, 2.75) is 47.2 Å². The number of aliphatic hydroxyl groups is 1. The zero-order chi connectivity index (χ0) is 22.5. The molecule has 1 spiro atoms. The normalized spacial score (nSPS) is 34.5. The molecule has 3 heterocycles. The van der Waals surface area contributed by atoms with E-state index in [9.17, 15) is 19.5 Å². The number of likely N-dealkylation sites (tertiary alicyclic amines) is 1. The van der Waals surface area contributed by atoms with Crippen LogP contribution in [-0.4, -0.2) is 67.9 Å². The first-order valence-electron chi connectivity index (χ1n) is 10.2. The molecule has 1 aromatic carbocycles. The lowest BCUT2D eigenvalue weighted by molar-refractivity contribution is -0.154. The minimum atomic E-state index is -0.849. The van der Waals surface area contributed by atoms with E-state index in [0.29, 0.717) is 17.1 Å². The van der Waals surface area contributed by atoms with E-state index in [4.69, 9.17) is 16.3 Å². The summed E-state index contributed by atoms with van der Waals surface area (Å²) in [6.07, 6.45) is 0.559. The van der Waals surface area contributed by atoms with Crippen LogP contribution in [0.5, 0.6) is 0 Å². The fourth-order valence-corrected chi connectivity index (χ4v) is 8.97. The molecule has 4 rings (SSSR count). The lowest BCUT2D eigenvalue weighted by atomic mass is 9.71. The van der Waals surface area contributed by atoms with Crippen LogP contribution in [0.25, 0.3) is 0 Å². The van der Waals surface area contributed by atoms with E-state index in [1.165, 1.54) is 16.7 Å². The molecule has 10 heteroatoms. The number of alkyl halides is 1. The fraction of sp³-hybridized carbons (Fsp3) is 0.571. The molecule has 0 aromatic heterocycles. The lowest BCUT2D eigenvalue weighted by Crippen LogP contribution is -2.54. The molecule has 31 heavy (non-hydrogen) atoms. The Bertz CT molecular complexity index is 920. The number of halogens is 2. The van der Waals surface area contributed by atoms with Crippen molar-refractivity contribution >= 4 is 62.8 Å². The fourth-order valence-electron chi connectivity index (χ4n) is 5.20. The van der Waals surface area contributed by atoms with Gasteiger partial charge in [-0.15, -0.1) is 11.8 Å². The maximum Gasteiger partial charge on any atom is 0.310 e. The summed E-state index contributed by atoms with van der Waals surface area (Å²) in [5.41, 5.74) is 0.452. The van der Waals surface area contributed by atoms with Gasteiger partial charge in [0.1, 0.15) is 6.04 Å². The second-order valence-electron chi connectivity index (χ2n) is 8.16. The Morgan fingerprint density at radius 3 is 2.81 bits per heavy atom. The Labute approximate surface area is 198 Å². The number of thioether (sulfide) groups is 1. The molecule has 0 radical (unpaired) electrons. The van der Waals surface area contributed by atoms with Crippen molar-refractivity contribution in [3.63, 3.8) is 0 Å². The molecule has 3 saturated heterocycles. The molecule has 7 atom stereocenters. The lowest BCUT2D eigenvalue weighted by Gasteiger charge is -2.36. The maximum absolute atomic E-state index is 13.6. The number of para-hydroxylation sites is 1. The van der Waals surface area contributed by atoms with Gasteiger partial charge >= 0.3 is 5.97 Å². The van der Waals surface area contributed by atoms with E-state index in [1.54, 1.807) is 38.1 Å². The monoisotopic (exact) mass is 530 g/mol. The molecule has 2 bridgehead atoms. The summed E-state index contributed by atoms with van der Waals surface area (Å²) in [5, 5.41) is 12.9. The quantitative estimate of drug-likeness (QED) is 0.433. The van der Waals surface area contributed by atoms with Crippen LogP contribution in [0, 0.1) is 11.8 Å². The zero-order valence-electron chi connectivity index (χ0n) is 17.1. The van der Waals surface area contributed by atoms with Gasteiger partial charge in [-0.3, -0.25) is 14.4 Å². The molecule has 2 N–H and O–H groups in total. The van der Waals surface area contributed by atoms with Gasteiger partial charge in [-0.2, -0.15) is 0 Å². The van der Waals surface area contributed by atoms with Crippen molar-refractivity contribution < 1.29 is 24.2 Å². The average molecular weight is 532 g/mol. The first-order valence-corrected chi connectivity index (χ1v) is 12.4. The molecular weight excluding hydrogens is 508 g/mol. The molecule has 3 aliphatic heterocycles. The highest BCUT2D eigenvalue weighted by molar-refractivity contribution is 9.09. The zero-order valence-corrected chi connectivity index (χ0v) is 20.2. The minimum absolute atomic E-state index is 0.0315. The largest absolute Gasteiger partial charge is 0.466 e. The number of aliphatic hydroxyl groups excluding tert-OH is 1. The van der Waals surface area contributed by atoms with Crippen LogP contribution in [-0.2, 0) is 19.1 Å². The van der Waals surface area contributed by atoms with Crippen LogP contribution in [0.4, 0.5) is 5.69 Å². The van der Waals surface area contributed by atoms with Crippen molar-refractivity contribution in [2.24, 2.45) is 11.8 Å². The number of benzene rings is 1. The molecule has 0 aliphatic carbocycles. The number of nitrogens with zero attached hydrogens (tertiary/aromatic N) is 1. The Morgan fingerprint density at radius 2 is 2.16 bits per heavy atom. The second-order valence-corrected chi connectivity index (χ2v) is 11.3. The van der Waals surface area contributed by atoms with Crippen LogP contribution >= 0.6 is 39.3 Å². The van der Waals surface area contributed by atoms with Gasteiger partial charge in [0.25, 0.3) is 0 Å². The van der Waals surface area contributed by atoms with E-state index in [0.717, 1.165) is 0 Å². The second kappa shape index (κ2) is 8.57. The summed E-state index contributed by atoms with van der Waals surface area (Å²) in [5.74, 6) is -2.38. The molecule has 1 aromatic rings. The number of nitrogens with one attached hydrogen (secondary N) is 1. The van der Waals surface area contributed by atoms with Crippen molar-refractivity contribution in [1.82, 2.24) is 4.90 Å². The number of esters is 1. The summed E-state index contributed by atoms with van der Waals surface area (Å²) in [4.78, 5) is 41.4. The third-order valence-electron chi connectivity index (χ3n) is 6.40. The van der Waals surface area contributed by atoms with Crippen molar-refractivity contribution in [1.29, 1.82) is 0 Å². The molecule has 168 valence electrons. The van der Waals surface area contributed by atoms with Gasteiger partial charge in [0.05, 0.1) is 46.5 Å². The summed E-state index contributed by atoms with van der Waals surface area (Å²) in [6, 6.07) is 5.47. The topological polar surface area (TPSA) is 95.9 Å². The predicted octanol–water partition coefficient (Wildman–Crippen LogP) is 2.69. The van der Waals surface area contributed by atoms with Gasteiger partial charge in [-0.05, 0) is 32.4 Å². The highest BCUT2D eigenvalue weighted by Crippen LogP contribution is 2.68. The van der Waals surface area contributed by atoms with Gasteiger partial charge in [-0.1, -0.05) is 39.7 Å². The third kappa shape index (κ3) is 3.48. The number of fused-ring (bicyclic) bond motifs is 1. The maximum atomic E-state index is 13.6. The molecule has 2 amide bonds. The summed E-state index contributed by atoms with van der Waals surface area (Å²) < 4.78 is 4.51. The molecule has 3 unspecified atom stereocenters. The van der Waals surface area contributed by atoms with Crippen LogP contribution in [0.1, 0.15) is 20.3 Å². The number of ether oxygens (including phenoxy) is 1. The predicted molar refractivity (Wildman–Crippen MR) is 122 cm³/mol. The highest BCUT2D eigenvalue weighted by atomic mass is 79.9. The number of rotatable bonds is 6. The summed E-state index contributed by atoms with van der Waals surface area (Å²) >= 11 is 11.4. The van der Waals surface area contributed by atoms with Crippen LogP contribution in [0.3, 0.4) is 0 Å². The van der Waals surface area contributed by atoms with Crippen molar-refractivity contribution in [3.05, 3.63) is 29.3 Å². The number of amides is 2. The van der Waals surface area contributed by atoms with Gasteiger partial charge in [0, 0.05) is 10.1 Å². The van der Waals surface area contributed by atoms with Gasteiger partial charge < -0.3 is 20.1 Å². The molecule has 7 nitrogen and oxygen atoms in total. The van der Waals surface area contributed by atoms with Crippen LogP contribution < -0.4 is 5.32 Å². The Balaban J connectivity index is 1.76. The van der Waals surface area contributed by atoms with E-state index in [2.05, 4.69) is 21.2 Å². The SMILES string of the molecule is CCOC(=O)[C@H]1[C@H]2C(=O)N([C@H](C)CO)C(C(=O)Nc3ccccc3Cl)C23CC(Br)[C@@H]1S3. The van der Waals surface area contributed by atoms with Crippen LogP contribution in [0.2, 0.25) is 5.02 Å². The van der Waals surface area contributed by atoms with Gasteiger partial charge in [-0.25, -0.2) is 0 Å². The van der Waals surface area contributed by atoms with Gasteiger partial charge in [0.2, 0.25) is 11.8 Å². The van der Waals surface area contributed by atoms with E-state index >= 15 is 0 Å². The van der Waals surface area contributed by atoms with Crippen molar-refractivity contribution in [2.75, 3.05) is 18.5 Å². The highest BCUT2D eigenvalue weighted by Gasteiger charge is 2.76. The molecular formula is C21H24BrClN2O5S. The van der Waals surface area contributed by atoms with E-state index < -0.39 is 34.6 Å². The van der Waals surface area contributed by atoms with E-state index in [-0.39, 0.29) is 35.1 Å². The number of carbonyl (C=O) groups excluding carboxylic acids is 3. The average Bonchev–Trinajstić information content (AvgIpc) is 3.32.